The Morgan fingerprint density at radius 1 is 1.05 bits per heavy atom. The van der Waals surface area contributed by atoms with Crippen LogP contribution in [-0.2, 0) is 6.42 Å². The van der Waals surface area contributed by atoms with E-state index in [9.17, 15) is 0 Å². The number of ether oxygens (including phenoxy) is 1. The van der Waals surface area contributed by atoms with Crippen LogP contribution in [0.3, 0.4) is 0 Å². The molecule has 0 aliphatic rings. The zero-order valence-electron chi connectivity index (χ0n) is 11.4. The van der Waals surface area contributed by atoms with E-state index in [1.165, 1.54) is 10.5 Å². The summed E-state index contributed by atoms with van der Waals surface area (Å²) in [6.45, 7) is 2.14. The number of quaternary nitrogens is 1. The highest BCUT2D eigenvalue weighted by atomic mass is 32.2. The Balaban J connectivity index is 2.27. The highest BCUT2D eigenvalue weighted by Gasteiger charge is 2.10. The summed E-state index contributed by atoms with van der Waals surface area (Å²) in [6.07, 6.45) is 0.998. The zero-order valence-corrected chi connectivity index (χ0v) is 12.2. The number of methoxy groups -OCH3 is 1. The molecule has 2 rings (SSSR count). The van der Waals surface area contributed by atoms with Crippen molar-refractivity contribution in [2.75, 3.05) is 7.11 Å². The van der Waals surface area contributed by atoms with Crippen molar-refractivity contribution in [3.63, 3.8) is 0 Å². The van der Waals surface area contributed by atoms with E-state index in [2.05, 4.69) is 43.0 Å². The van der Waals surface area contributed by atoms with Gasteiger partial charge in [-0.25, -0.2) is 0 Å². The number of benzene rings is 2. The van der Waals surface area contributed by atoms with Gasteiger partial charge in [-0.15, -0.1) is 0 Å². The van der Waals surface area contributed by atoms with E-state index < -0.39 is 0 Å². The molecule has 0 fully saturated rings. The molecular formula is C16H20NOS+. The van der Waals surface area contributed by atoms with Gasteiger partial charge >= 0.3 is 0 Å². The van der Waals surface area contributed by atoms with Crippen LogP contribution in [0.4, 0.5) is 0 Å². The molecule has 0 spiro atoms. The Kier molecular flexibility index (Phi) is 4.88. The molecular weight excluding hydrogens is 254 g/mol. The summed E-state index contributed by atoms with van der Waals surface area (Å²) in [5.41, 5.74) is 5.43. The number of hydrogen-bond donors (Lipinski definition) is 1. The van der Waals surface area contributed by atoms with Crippen LogP contribution in [0.25, 0.3) is 0 Å². The van der Waals surface area contributed by atoms with Crippen LogP contribution in [0.2, 0.25) is 0 Å². The smallest absolute Gasteiger partial charge is 0.132 e. The quantitative estimate of drug-likeness (QED) is 0.910. The molecule has 0 aliphatic carbocycles. The van der Waals surface area contributed by atoms with Gasteiger partial charge in [0.2, 0.25) is 0 Å². The van der Waals surface area contributed by atoms with Gasteiger partial charge in [-0.3, -0.25) is 0 Å². The molecule has 100 valence electrons. The largest absolute Gasteiger partial charge is 0.496 e. The van der Waals surface area contributed by atoms with Crippen molar-refractivity contribution in [3.05, 3.63) is 54.1 Å². The summed E-state index contributed by atoms with van der Waals surface area (Å²) in [5, 5.41) is 0. The molecule has 0 heterocycles. The van der Waals surface area contributed by atoms with E-state index in [4.69, 9.17) is 4.74 Å². The molecule has 0 bridgehead atoms. The third kappa shape index (κ3) is 3.75. The van der Waals surface area contributed by atoms with Crippen molar-refractivity contribution in [2.45, 2.75) is 29.2 Å². The Hall–Kier alpha value is -1.45. The minimum atomic E-state index is 0.416. The van der Waals surface area contributed by atoms with Gasteiger partial charge in [0, 0.05) is 11.3 Å². The molecule has 3 N–H and O–H groups in total. The molecule has 3 heteroatoms. The molecule has 0 amide bonds. The van der Waals surface area contributed by atoms with Crippen LogP contribution in [0.1, 0.15) is 12.5 Å². The fourth-order valence-electron chi connectivity index (χ4n) is 1.97. The highest BCUT2D eigenvalue weighted by Crippen LogP contribution is 2.36. The topological polar surface area (TPSA) is 36.9 Å². The summed E-state index contributed by atoms with van der Waals surface area (Å²) in [7, 11) is 1.71. The molecule has 0 aliphatic heterocycles. The van der Waals surface area contributed by atoms with E-state index >= 15 is 0 Å². The van der Waals surface area contributed by atoms with Crippen molar-refractivity contribution in [2.24, 2.45) is 0 Å². The average molecular weight is 274 g/mol. The molecule has 0 aromatic heterocycles. The minimum absolute atomic E-state index is 0.416. The summed E-state index contributed by atoms with van der Waals surface area (Å²) < 4.78 is 5.41. The Bertz CT molecular complexity index is 540. The van der Waals surface area contributed by atoms with Gasteiger partial charge in [0.1, 0.15) is 5.75 Å². The van der Waals surface area contributed by atoms with Gasteiger partial charge < -0.3 is 10.5 Å². The maximum absolute atomic E-state index is 5.41. The molecule has 0 saturated heterocycles. The van der Waals surface area contributed by atoms with Crippen molar-refractivity contribution in [3.8, 4) is 5.75 Å². The summed E-state index contributed by atoms with van der Waals surface area (Å²) in [4.78, 5) is 2.43. The van der Waals surface area contributed by atoms with Crippen LogP contribution >= 0.6 is 11.8 Å². The Morgan fingerprint density at radius 3 is 2.37 bits per heavy atom. The first-order valence-electron chi connectivity index (χ1n) is 6.42. The van der Waals surface area contributed by atoms with Gasteiger partial charge in [0.05, 0.1) is 18.0 Å². The monoisotopic (exact) mass is 274 g/mol. The van der Waals surface area contributed by atoms with E-state index in [0.717, 1.165) is 17.1 Å². The summed E-state index contributed by atoms with van der Waals surface area (Å²) >= 11 is 1.75. The van der Waals surface area contributed by atoms with E-state index in [1.54, 1.807) is 18.9 Å². The van der Waals surface area contributed by atoms with Crippen molar-refractivity contribution >= 4 is 11.8 Å². The first kappa shape index (κ1) is 14.0. The van der Waals surface area contributed by atoms with Gasteiger partial charge in [0.15, 0.2) is 0 Å². The van der Waals surface area contributed by atoms with Gasteiger partial charge in [-0.05, 0) is 30.7 Å². The van der Waals surface area contributed by atoms with E-state index in [1.807, 2.05) is 18.2 Å². The van der Waals surface area contributed by atoms with Crippen LogP contribution < -0.4 is 10.5 Å². The van der Waals surface area contributed by atoms with Crippen LogP contribution in [0, 0.1) is 0 Å². The summed E-state index contributed by atoms with van der Waals surface area (Å²) in [5.74, 6) is 0.921. The summed E-state index contributed by atoms with van der Waals surface area (Å²) in [6, 6.07) is 17.0. The minimum Gasteiger partial charge on any atom is -0.496 e. The van der Waals surface area contributed by atoms with Crippen LogP contribution in [0.15, 0.2) is 58.3 Å². The van der Waals surface area contributed by atoms with Crippen molar-refractivity contribution in [1.82, 2.24) is 0 Å². The fraction of sp³-hybridized carbons (Fsp3) is 0.250. The third-order valence-corrected chi connectivity index (χ3v) is 4.01. The number of para-hydroxylation sites is 1. The predicted octanol–water partition coefficient (Wildman–Crippen LogP) is 3.02. The maximum Gasteiger partial charge on any atom is 0.132 e. The lowest BCUT2D eigenvalue weighted by molar-refractivity contribution is -0.413. The molecule has 0 unspecified atom stereocenters. The van der Waals surface area contributed by atoms with Crippen molar-refractivity contribution in [1.29, 1.82) is 0 Å². The molecule has 2 nitrogen and oxygen atoms in total. The zero-order chi connectivity index (χ0) is 13.7. The normalized spacial score (nSPS) is 12.2. The molecule has 0 saturated carbocycles. The van der Waals surface area contributed by atoms with Crippen molar-refractivity contribution < 1.29 is 10.5 Å². The third-order valence-electron chi connectivity index (χ3n) is 2.83. The maximum atomic E-state index is 5.41. The second-order valence-electron chi connectivity index (χ2n) is 4.67. The van der Waals surface area contributed by atoms with E-state index in [-0.39, 0.29) is 0 Å². The fourth-order valence-corrected chi connectivity index (χ4v) is 3.03. The van der Waals surface area contributed by atoms with Gasteiger partial charge in [-0.1, -0.05) is 42.1 Å². The second-order valence-corrected chi connectivity index (χ2v) is 5.75. The molecule has 1 atom stereocenters. The second kappa shape index (κ2) is 6.64. The Labute approximate surface area is 119 Å². The lowest BCUT2D eigenvalue weighted by Gasteiger charge is -2.12. The van der Waals surface area contributed by atoms with Crippen LogP contribution in [0.5, 0.6) is 5.75 Å². The lowest BCUT2D eigenvalue weighted by Crippen LogP contribution is -2.60. The molecule has 19 heavy (non-hydrogen) atoms. The molecule has 2 aromatic rings. The lowest BCUT2D eigenvalue weighted by atomic mass is 10.1. The number of rotatable bonds is 5. The average Bonchev–Trinajstić information content (AvgIpc) is 2.41. The highest BCUT2D eigenvalue weighted by molar-refractivity contribution is 7.99. The van der Waals surface area contributed by atoms with Gasteiger partial charge in [0.25, 0.3) is 0 Å². The first-order chi connectivity index (χ1) is 9.20. The van der Waals surface area contributed by atoms with Crippen LogP contribution in [-0.4, -0.2) is 13.2 Å². The molecule has 0 radical (unpaired) electrons. The predicted molar refractivity (Wildman–Crippen MR) is 79.6 cm³/mol. The number of hydrogen-bond acceptors (Lipinski definition) is 2. The van der Waals surface area contributed by atoms with E-state index in [0.29, 0.717) is 6.04 Å². The SMILES string of the molecule is COc1ccccc1Sc1ccccc1C[C@@H](C)[NH3+]. The molecule has 2 aromatic carbocycles. The first-order valence-corrected chi connectivity index (χ1v) is 7.24. The van der Waals surface area contributed by atoms with Gasteiger partial charge in [-0.2, -0.15) is 0 Å². The Morgan fingerprint density at radius 2 is 1.68 bits per heavy atom. The standard InChI is InChI=1S/C16H19NOS/c1-12(17)11-13-7-3-5-9-15(13)19-16-10-6-4-8-14(16)18-2/h3-10,12H,11,17H2,1-2H3/p+1/t12-/m1/s1.